The number of carbonyl (C=O) groups is 3. The van der Waals surface area contributed by atoms with Crippen molar-refractivity contribution in [2.75, 3.05) is 11.9 Å². The average molecular weight is 538 g/mol. The highest BCUT2D eigenvalue weighted by molar-refractivity contribution is 7.17. The van der Waals surface area contributed by atoms with Gasteiger partial charge in [-0.2, -0.15) is 5.10 Å². The molecule has 2 amide bonds. The Labute approximate surface area is 223 Å². The summed E-state index contributed by atoms with van der Waals surface area (Å²) >= 11 is 1.32. The maximum absolute atomic E-state index is 13.7. The Kier molecular flexibility index (Phi) is 9.21. The largest absolute Gasteiger partial charge is 0.489 e. The maximum Gasteiger partial charge on any atom is 0.341 e. The molecule has 0 radical (unpaired) electrons. The predicted molar refractivity (Wildman–Crippen MR) is 143 cm³/mol. The molecule has 0 saturated carbocycles. The molecule has 1 heterocycles. The Morgan fingerprint density at radius 3 is 2.55 bits per heavy atom. The van der Waals surface area contributed by atoms with E-state index in [4.69, 9.17) is 9.47 Å². The summed E-state index contributed by atoms with van der Waals surface area (Å²) in [7, 11) is 0. The van der Waals surface area contributed by atoms with Crippen LogP contribution >= 0.6 is 11.3 Å². The molecule has 0 aliphatic heterocycles. The van der Waals surface area contributed by atoms with Gasteiger partial charge in [-0.15, -0.1) is 11.3 Å². The van der Waals surface area contributed by atoms with Crippen LogP contribution in [0.15, 0.2) is 53.6 Å². The molecule has 2 aromatic carbocycles. The number of nitrogens with one attached hydrogen (secondary N) is 2. The standard InChI is InChI=1S/C28H28FN3O5S/c1-2-36-28(35)24-21-9-4-3-5-11-23(21)38-27(24)31-25(33)26(34)32-30-16-18-12-14-20(15-13-18)37-17-19-8-6-7-10-22(19)29/h6-8,10,12-16H,2-5,9,11,17H2,1H3,(H,31,33)(H,32,34)/b30-16+. The molecule has 3 aromatic rings. The first-order valence-electron chi connectivity index (χ1n) is 12.4. The molecule has 0 fully saturated rings. The summed E-state index contributed by atoms with van der Waals surface area (Å²) in [5, 5.41) is 6.73. The third-order valence-electron chi connectivity index (χ3n) is 5.95. The number of rotatable bonds is 8. The number of hydrogen-bond acceptors (Lipinski definition) is 7. The van der Waals surface area contributed by atoms with Crippen LogP contribution in [-0.2, 0) is 33.8 Å². The second kappa shape index (κ2) is 13.0. The quantitative estimate of drug-likeness (QED) is 0.138. The number of nitrogens with zero attached hydrogens (tertiary/aromatic N) is 1. The highest BCUT2D eigenvalue weighted by Gasteiger charge is 2.27. The van der Waals surface area contributed by atoms with Crippen LogP contribution < -0.4 is 15.5 Å². The molecule has 1 aromatic heterocycles. The number of benzene rings is 2. The Balaban J connectivity index is 1.33. The minimum Gasteiger partial charge on any atom is -0.489 e. The van der Waals surface area contributed by atoms with Gasteiger partial charge in [-0.25, -0.2) is 14.6 Å². The van der Waals surface area contributed by atoms with Crippen LogP contribution in [0.4, 0.5) is 9.39 Å². The van der Waals surface area contributed by atoms with E-state index in [0.29, 0.717) is 27.4 Å². The third-order valence-corrected chi connectivity index (χ3v) is 7.15. The van der Waals surface area contributed by atoms with Crippen LogP contribution in [0.25, 0.3) is 0 Å². The number of aryl methyl sites for hydroxylation is 1. The van der Waals surface area contributed by atoms with E-state index >= 15 is 0 Å². The van der Waals surface area contributed by atoms with Crippen molar-refractivity contribution < 1.29 is 28.2 Å². The summed E-state index contributed by atoms with van der Waals surface area (Å²) < 4.78 is 24.5. The van der Waals surface area contributed by atoms with E-state index in [-0.39, 0.29) is 19.0 Å². The Morgan fingerprint density at radius 1 is 1.03 bits per heavy atom. The molecule has 4 rings (SSSR count). The predicted octanol–water partition coefficient (Wildman–Crippen LogP) is 5.00. The van der Waals surface area contributed by atoms with E-state index < -0.39 is 17.8 Å². The number of anilines is 1. The molecule has 0 saturated heterocycles. The first-order chi connectivity index (χ1) is 18.5. The number of halogens is 1. The molecular formula is C28H28FN3O5S. The highest BCUT2D eigenvalue weighted by atomic mass is 32.1. The van der Waals surface area contributed by atoms with Crippen molar-refractivity contribution in [3.63, 3.8) is 0 Å². The molecule has 2 N–H and O–H groups in total. The molecule has 1 aliphatic carbocycles. The van der Waals surface area contributed by atoms with E-state index in [9.17, 15) is 18.8 Å². The van der Waals surface area contributed by atoms with Crippen LogP contribution in [0.5, 0.6) is 5.75 Å². The van der Waals surface area contributed by atoms with E-state index in [2.05, 4.69) is 15.8 Å². The number of amides is 2. The smallest absolute Gasteiger partial charge is 0.341 e. The number of esters is 1. The average Bonchev–Trinajstić information content (AvgIpc) is 3.09. The lowest BCUT2D eigenvalue weighted by atomic mass is 10.1. The van der Waals surface area contributed by atoms with Crippen LogP contribution in [0.1, 0.15) is 58.1 Å². The fourth-order valence-electron chi connectivity index (χ4n) is 4.05. The number of fused-ring (bicyclic) bond motifs is 1. The molecule has 8 nitrogen and oxygen atoms in total. The van der Waals surface area contributed by atoms with Gasteiger partial charge in [-0.05, 0) is 74.1 Å². The zero-order valence-electron chi connectivity index (χ0n) is 20.9. The number of ether oxygens (including phenoxy) is 2. The van der Waals surface area contributed by atoms with Crippen LogP contribution in [0, 0.1) is 5.82 Å². The fraction of sp³-hybridized carbons (Fsp3) is 0.286. The number of carbonyl (C=O) groups excluding carboxylic acids is 3. The summed E-state index contributed by atoms with van der Waals surface area (Å²) in [5.41, 5.74) is 4.54. The highest BCUT2D eigenvalue weighted by Crippen LogP contribution is 2.38. The molecule has 198 valence electrons. The molecule has 0 spiro atoms. The van der Waals surface area contributed by atoms with Gasteiger partial charge in [0.25, 0.3) is 0 Å². The first kappa shape index (κ1) is 27.0. The minimum atomic E-state index is -0.968. The van der Waals surface area contributed by atoms with Gasteiger partial charge in [0.2, 0.25) is 0 Å². The van der Waals surface area contributed by atoms with Gasteiger partial charge in [0.1, 0.15) is 23.2 Å². The third kappa shape index (κ3) is 6.83. The van der Waals surface area contributed by atoms with Crippen molar-refractivity contribution in [1.82, 2.24) is 5.43 Å². The van der Waals surface area contributed by atoms with Crippen LogP contribution in [0.3, 0.4) is 0 Å². The van der Waals surface area contributed by atoms with Gasteiger partial charge in [-0.1, -0.05) is 24.6 Å². The zero-order valence-corrected chi connectivity index (χ0v) is 21.7. The molecule has 0 bridgehead atoms. The zero-order chi connectivity index (χ0) is 26.9. The molecule has 0 unspecified atom stereocenters. The summed E-state index contributed by atoms with van der Waals surface area (Å²) in [4.78, 5) is 38.6. The Bertz CT molecular complexity index is 1340. The van der Waals surface area contributed by atoms with E-state index in [0.717, 1.165) is 42.5 Å². The lowest BCUT2D eigenvalue weighted by molar-refractivity contribution is -0.136. The molecule has 1 aliphatic rings. The van der Waals surface area contributed by atoms with E-state index in [1.165, 1.54) is 23.6 Å². The number of hydrazone groups is 1. The Morgan fingerprint density at radius 2 is 1.79 bits per heavy atom. The molecule has 10 heteroatoms. The van der Waals surface area contributed by atoms with Gasteiger partial charge in [0.15, 0.2) is 0 Å². The SMILES string of the molecule is CCOC(=O)c1c(NC(=O)C(=O)N/N=C/c2ccc(OCc3ccccc3F)cc2)sc2c1CCCCC2. The van der Waals surface area contributed by atoms with E-state index in [1.54, 1.807) is 49.4 Å². The lowest BCUT2D eigenvalue weighted by Gasteiger charge is -2.08. The van der Waals surface area contributed by atoms with Crippen molar-refractivity contribution >= 4 is 40.3 Å². The molecular weight excluding hydrogens is 509 g/mol. The van der Waals surface area contributed by atoms with Crippen LogP contribution in [-0.4, -0.2) is 30.6 Å². The normalized spacial score (nSPS) is 12.9. The van der Waals surface area contributed by atoms with Crippen LogP contribution in [0.2, 0.25) is 0 Å². The maximum atomic E-state index is 13.7. The molecule has 38 heavy (non-hydrogen) atoms. The lowest BCUT2D eigenvalue weighted by Crippen LogP contribution is -2.32. The molecule has 0 atom stereocenters. The monoisotopic (exact) mass is 537 g/mol. The second-order valence-corrected chi connectivity index (χ2v) is 9.70. The first-order valence-corrected chi connectivity index (χ1v) is 13.2. The van der Waals surface area contributed by atoms with Crippen molar-refractivity contribution in [3.05, 3.63) is 81.5 Å². The number of thiophene rings is 1. The summed E-state index contributed by atoms with van der Waals surface area (Å²) in [6.45, 7) is 2.03. The summed E-state index contributed by atoms with van der Waals surface area (Å²) in [6, 6.07) is 13.2. The fourth-order valence-corrected chi connectivity index (χ4v) is 5.33. The van der Waals surface area contributed by atoms with Crippen molar-refractivity contribution in [2.24, 2.45) is 5.10 Å². The summed E-state index contributed by atoms with van der Waals surface area (Å²) in [5.74, 6) is -2.18. The van der Waals surface area contributed by atoms with Gasteiger partial charge in [0.05, 0.1) is 18.4 Å². The van der Waals surface area contributed by atoms with Crippen molar-refractivity contribution in [1.29, 1.82) is 0 Å². The topological polar surface area (TPSA) is 106 Å². The van der Waals surface area contributed by atoms with E-state index in [1.807, 2.05) is 0 Å². The van der Waals surface area contributed by atoms with Crippen molar-refractivity contribution in [2.45, 2.75) is 45.6 Å². The van der Waals surface area contributed by atoms with Gasteiger partial charge in [-0.3, -0.25) is 9.59 Å². The van der Waals surface area contributed by atoms with Gasteiger partial charge < -0.3 is 14.8 Å². The second-order valence-electron chi connectivity index (χ2n) is 8.59. The number of hydrogen-bond donors (Lipinski definition) is 2. The van der Waals surface area contributed by atoms with Crippen molar-refractivity contribution in [3.8, 4) is 5.75 Å². The van der Waals surface area contributed by atoms with Gasteiger partial charge in [0, 0.05) is 10.4 Å². The van der Waals surface area contributed by atoms with Gasteiger partial charge >= 0.3 is 17.8 Å². The minimum absolute atomic E-state index is 0.0936. The summed E-state index contributed by atoms with van der Waals surface area (Å²) in [6.07, 6.45) is 5.98. The Hall–Kier alpha value is -4.05.